The van der Waals surface area contributed by atoms with E-state index in [-0.39, 0.29) is 40.9 Å². The van der Waals surface area contributed by atoms with Gasteiger partial charge in [0, 0.05) is 30.7 Å². The number of carbonyl (C=O) groups excluding carboxylic acids is 3. The zero-order valence-electron chi connectivity index (χ0n) is 26.4. The number of aromatic nitrogens is 2. The average molecular weight is 630 g/mol. The largest absolute Gasteiger partial charge is 0.444 e. The molecule has 3 N–H and O–H groups in total. The third-order valence-electron chi connectivity index (χ3n) is 7.62. The molecule has 44 heavy (non-hydrogen) atoms. The Morgan fingerprint density at radius 1 is 1.07 bits per heavy atom. The Kier molecular flexibility index (Phi) is 9.71. The highest BCUT2D eigenvalue weighted by molar-refractivity contribution is 7.90. The lowest BCUT2D eigenvalue weighted by Gasteiger charge is -2.36. The van der Waals surface area contributed by atoms with Gasteiger partial charge in [-0.15, -0.1) is 0 Å². The maximum atomic E-state index is 13.6. The van der Waals surface area contributed by atoms with Crippen LogP contribution in [0.4, 0.5) is 33.6 Å². The second-order valence-corrected chi connectivity index (χ2v) is 14.7. The van der Waals surface area contributed by atoms with Crippen LogP contribution in [0, 0.1) is 5.92 Å². The first-order valence-corrected chi connectivity index (χ1v) is 16.7. The van der Waals surface area contributed by atoms with E-state index in [1.807, 2.05) is 18.7 Å². The Balaban J connectivity index is 1.63. The fourth-order valence-corrected chi connectivity index (χ4v) is 6.05. The number of carbonyl (C=O) groups is 3. The van der Waals surface area contributed by atoms with E-state index in [1.165, 1.54) is 23.2 Å². The smallest absolute Gasteiger partial charge is 0.408 e. The van der Waals surface area contributed by atoms with Gasteiger partial charge in [-0.05, 0) is 71.6 Å². The summed E-state index contributed by atoms with van der Waals surface area (Å²) >= 11 is 0. The van der Waals surface area contributed by atoms with Crippen LogP contribution in [0.1, 0.15) is 66.7 Å². The maximum Gasteiger partial charge on any atom is 0.408 e. The lowest BCUT2D eigenvalue weighted by Crippen LogP contribution is -2.50. The minimum atomic E-state index is -3.68. The average Bonchev–Trinajstić information content (AvgIpc) is 2.92. The predicted octanol–water partition coefficient (Wildman–Crippen LogP) is 4.23. The fraction of sp³-hybridized carbons (Fsp3) is 0.567. The van der Waals surface area contributed by atoms with Crippen LogP contribution in [0.5, 0.6) is 0 Å². The highest BCUT2D eigenvalue weighted by Crippen LogP contribution is 2.34. The van der Waals surface area contributed by atoms with Crippen molar-refractivity contribution in [3.63, 3.8) is 0 Å². The summed E-state index contributed by atoms with van der Waals surface area (Å²) in [4.78, 5) is 51.1. The molecule has 1 saturated carbocycles. The van der Waals surface area contributed by atoms with Crippen molar-refractivity contribution in [3.8, 4) is 0 Å². The Morgan fingerprint density at radius 3 is 2.34 bits per heavy atom. The minimum Gasteiger partial charge on any atom is -0.444 e. The first-order valence-electron chi connectivity index (χ1n) is 14.8. The lowest BCUT2D eigenvalue weighted by molar-refractivity contribution is -0.120. The molecule has 1 fully saturated rings. The van der Waals surface area contributed by atoms with Crippen LogP contribution in [0.15, 0.2) is 29.3 Å². The Morgan fingerprint density at radius 2 is 1.73 bits per heavy atom. The number of hydrogen-bond donors (Lipinski definition) is 3. The van der Waals surface area contributed by atoms with Crippen LogP contribution >= 0.6 is 0 Å². The zero-order valence-corrected chi connectivity index (χ0v) is 27.2. The number of rotatable bonds is 8. The highest BCUT2D eigenvalue weighted by Gasteiger charge is 2.33. The quantitative estimate of drug-likeness (QED) is 0.385. The van der Waals surface area contributed by atoms with Crippen LogP contribution < -0.4 is 25.8 Å². The summed E-state index contributed by atoms with van der Waals surface area (Å²) in [6, 6.07) is 3.52. The molecule has 0 radical (unpaired) electrons. The Hall–Kier alpha value is -3.94. The van der Waals surface area contributed by atoms with E-state index in [9.17, 15) is 22.8 Å². The summed E-state index contributed by atoms with van der Waals surface area (Å²) in [5.41, 5.74) is 0.371. The minimum absolute atomic E-state index is 0.00377. The first kappa shape index (κ1) is 33.0. The second kappa shape index (κ2) is 13.0. The number of anilines is 5. The van der Waals surface area contributed by atoms with Crippen LogP contribution in [0.2, 0.25) is 0 Å². The van der Waals surface area contributed by atoms with Gasteiger partial charge in [-0.1, -0.05) is 19.3 Å². The van der Waals surface area contributed by atoms with Crippen molar-refractivity contribution in [1.82, 2.24) is 15.3 Å². The number of hydrogen-bond acceptors (Lipinski definition) is 10. The number of amides is 3. The summed E-state index contributed by atoms with van der Waals surface area (Å²) < 4.78 is 30.7. The van der Waals surface area contributed by atoms with Gasteiger partial charge >= 0.3 is 6.09 Å². The van der Waals surface area contributed by atoms with Gasteiger partial charge in [-0.2, -0.15) is 4.98 Å². The molecule has 240 valence electrons. The van der Waals surface area contributed by atoms with Gasteiger partial charge in [0.05, 0.1) is 17.6 Å². The number of alkyl carbamates (subject to hydrolysis) is 1. The monoisotopic (exact) mass is 629 g/mol. The molecule has 1 aliphatic heterocycles. The lowest BCUT2D eigenvalue weighted by atomic mass is 9.83. The van der Waals surface area contributed by atoms with E-state index >= 15 is 0 Å². The van der Waals surface area contributed by atoms with E-state index < -0.39 is 33.5 Å². The van der Waals surface area contributed by atoms with Gasteiger partial charge < -0.3 is 30.5 Å². The third kappa shape index (κ3) is 8.16. The molecule has 1 aromatic heterocycles. The number of sulfone groups is 1. The number of fused-ring (bicyclic) bond motifs is 1. The van der Waals surface area contributed by atoms with Gasteiger partial charge in [-0.25, -0.2) is 18.2 Å². The van der Waals surface area contributed by atoms with Crippen molar-refractivity contribution in [2.24, 2.45) is 5.92 Å². The Labute approximate surface area is 259 Å². The molecule has 1 atom stereocenters. The van der Waals surface area contributed by atoms with Gasteiger partial charge in [0.25, 0.3) is 0 Å². The molecule has 1 aromatic carbocycles. The predicted molar refractivity (Wildman–Crippen MR) is 169 cm³/mol. The van der Waals surface area contributed by atoms with Crippen LogP contribution in [0.3, 0.4) is 0 Å². The van der Waals surface area contributed by atoms with Crippen molar-refractivity contribution in [3.05, 3.63) is 24.4 Å². The summed E-state index contributed by atoms with van der Waals surface area (Å²) in [6.07, 6.45) is 6.42. The van der Waals surface area contributed by atoms with Gasteiger partial charge in [0.2, 0.25) is 17.8 Å². The van der Waals surface area contributed by atoms with Crippen LogP contribution in [-0.2, 0) is 24.2 Å². The maximum absolute atomic E-state index is 13.6. The van der Waals surface area contributed by atoms with E-state index in [1.54, 1.807) is 33.9 Å². The molecule has 2 aromatic rings. The van der Waals surface area contributed by atoms with Crippen molar-refractivity contribution < 1.29 is 27.5 Å². The number of nitrogens with zero attached hydrogens (tertiary/aromatic N) is 4. The number of benzene rings is 1. The van der Waals surface area contributed by atoms with Gasteiger partial charge in [0.15, 0.2) is 15.7 Å². The molecular weight excluding hydrogens is 586 g/mol. The summed E-state index contributed by atoms with van der Waals surface area (Å²) in [6.45, 7) is 9.32. The molecule has 0 spiro atoms. The van der Waals surface area contributed by atoms with Crippen molar-refractivity contribution in [2.75, 3.05) is 40.3 Å². The summed E-state index contributed by atoms with van der Waals surface area (Å²) in [5.74, 6) is 0.113. The zero-order chi connectivity index (χ0) is 32.4. The topological polar surface area (TPSA) is 163 Å². The molecule has 2 heterocycles. The van der Waals surface area contributed by atoms with E-state index in [0.29, 0.717) is 17.2 Å². The van der Waals surface area contributed by atoms with Gasteiger partial charge in [-0.3, -0.25) is 9.59 Å². The number of nitrogens with one attached hydrogen (secondary N) is 3. The van der Waals surface area contributed by atoms with E-state index in [4.69, 9.17) is 4.74 Å². The molecular formula is C30H43N7O6S. The second-order valence-electron chi connectivity index (χ2n) is 12.7. The van der Waals surface area contributed by atoms with Gasteiger partial charge in [0.1, 0.15) is 17.3 Å². The number of ether oxygens (including phenoxy) is 1. The molecule has 4 rings (SSSR count). The normalized spacial score (nSPS) is 16.8. The van der Waals surface area contributed by atoms with Crippen molar-refractivity contribution in [1.29, 1.82) is 0 Å². The number of likely N-dealkylation sites (N-methyl/N-ethyl adjacent to an activating group) is 1. The molecule has 3 amide bonds. The molecule has 1 aliphatic carbocycles. The SMILES string of the molecule is CC(C)N1CC(=O)N(C)c2cnc(Nc3cc(NC(=O)[C@H](NC(=O)OC(C)(C)C)C4CCCCC4)cc(S(C)(=O)=O)c3)nc21. The molecule has 13 nitrogen and oxygen atoms in total. The van der Waals surface area contributed by atoms with Crippen molar-refractivity contribution >= 4 is 56.6 Å². The fourth-order valence-electron chi connectivity index (χ4n) is 5.37. The molecule has 2 aliphatic rings. The first-order chi connectivity index (χ1) is 20.5. The van der Waals surface area contributed by atoms with E-state index in [2.05, 4.69) is 25.9 Å². The molecule has 0 bridgehead atoms. The van der Waals surface area contributed by atoms with Crippen LogP contribution in [-0.4, -0.2) is 73.8 Å². The third-order valence-corrected chi connectivity index (χ3v) is 8.71. The summed E-state index contributed by atoms with van der Waals surface area (Å²) in [5, 5.41) is 8.63. The molecule has 0 saturated heterocycles. The van der Waals surface area contributed by atoms with E-state index in [0.717, 1.165) is 38.4 Å². The molecule has 14 heteroatoms. The van der Waals surface area contributed by atoms with Crippen LogP contribution in [0.25, 0.3) is 0 Å². The summed E-state index contributed by atoms with van der Waals surface area (Å²) in [7, 11) is -2.01. The Bertz CT molecular complexity index is 1520. The standard InChI is InChI=1S/C30H43N7O6S/c1-18(2)37-17-24(38)36(6)23-16-31-28(35-26(23)37)33-21-13-20(14-22(15-21)44(7,41)42)32-27(39)25(19-11-9-8-10-12-19)34-29(40)43-30(3,4)5/h13-16,18-19,25H,8-12,17H2,1-7H3,(H,32,39)(H,34,40)(H,31,33,35)/t25-/m1/s1. The molecule has 0 unspecified atom stereocenters. The van der Waals surface area contributed by atoms with Crippen molar-refractivity contribution in [2.45, 2.75) is 89.3 Å². The highest BCUT2D eigenvalue weighted by atomic mass is 32.2.